The summed E-state index contributed by atoms with van der Waals surface area (Å²) in [6.45, 7) is 3.96. The molecule has 1 heteroatoms. The van der Waals surface area contributed by atoms with Gasteiger partial charge in [0, 0.05) is 5.41 Å². The van der Waals surface area contributed by atoms with E-state index in [0.29, 0.717) is 0 Å². The second kappa shape index (κ2) is 4.93. The van der Waals surface area contributed by atoms with Crippen molar-refractivity contribution in [2.75, 3.05) is 0 Å². The Kier molecular flexibility index (Phi) is 2.90. The number of benzene rings is 3. The Morgan fingerprint density at radius 1 is 0.680 bits per heavy atom. The molecule has 122 valence electrons. The van der Waals surface area contributed by atoms with Gasteiger partial charge in [-0.15, -0.1) is 6.58 Å². The highest BCUT2D eigenvalue weighted by Crippen LogP contribution is 2.62. The van der Waals surface area contributed by atoms with Gasteiger partial charge >= 0.3 is 0 Å². The number of hydrogen-bond acceptors (Lipinski definition) is 1. The first-order chi connectivity index (χ1) is 12.2. The highest BCUT2D eigenvalue weighted by atomic mass is 16.3. The van der Waals surface area contributed by atoms with Crippen LogP contribution >= 0.6 is 0 Å². The number of rotatable bonds is 3. The van der Waals surface area contributed by atoms with Gasteiger partial charge in [-0.2, -0.15) is 0 Å². The Bertz CT molecular complexity index is 880. The fourth-order valence-electron chi connectivity index (χ4n) is 5.11. The smallest absolute Gasteiger partial charge is 0.141 e. The molecule has 0 radical (unpaired) electrons. The van der Waals surface area contributed by atoms with Crippen LogP contribution in [0.15, 0.2) is 85.5 Å². The van der Waals surface area contributed by atoms with E-state index < -0.39 is 5.60 Å². The Morgan fingerprint density at radius 3 is 1.40 bits per heavy atom. The summed E-state index contributed by atoms with van der Waals surface area (Å²) in [4.78, 5) is 0. The van der Waals surface area contributed by atoms with Gasteiger partial charge in [-0.25, -0.2) is 0 Å². The molecule has 0 spiro atoms. The Hall–Kier alpha value is -2.64. The molecule has 0 aromatic heterocycles. The molecule has 0 atom stereocenters. The first-order valence-corrected chi connectivity index (χ1v) is 8.88. The van der Waals surface area contributed by atoms with E-state index in [-0.39, 0.29) is 5.41 Å². The zero-order chi connectivity index (χ0) is 17.1. The molecule has 0 heterocycles. The van der Waals surface area contributed by atoms with Crippen LogP contribution in [0.2, 0.25) is 0 Å². The predicted molar refractivity (Wildman–Crippen MR) is 101 cm³/mol. The molecule has 0 unspecified atom stereocenters. The average molecular weight is 324 g/mol. The predicted octanol–water partition coefficient (Wildman–Crippen LogP) is 4.90. The standard InChI is InChI=1S/C24H20O/c1-2-3-16-23-17-10-4-7-13-20(17)24(25,21-14-8-5-11-18(21)23)22-15-9-6-12-19(22)23/h2,4-15,25H,1,3,16H2. The maximum absolute atomic E-state index is 12.0. The summed E-state index contributed by atoms with van der Waals surface area (Å²) in [5.41, 5.74) is 5.48. The lowest BCUT2D eigenvalue weighted by Gasteiger charge is -2.54. The normalized spacial score (nSPS) is 25.0. The minimum Gasteiger partial charge on any atom is -0.376 e. The van der Waals surface area contributed by atoms with E-state index in [2.05, 4.69) is 61.2 Å². The molecule has 0 saturated heterocycles. The minimum atomic E-state index is -1.07. The van der Waals surface area contributed by atoms with Crippen molar-refractivity contribution in [1.82, 2.24) is 0 Å². The highest BCUT2D eigenvalue weighted by molar-refractivity contribution is 5.73. The van der Waals surface area contributed by atoms with Crippen molar-refractivity contribution >= 4 is 0 Å². The molecule has 3 aromatic rings. The maximum atomic E-state index is 12.0. The lowest BCUT2D eigenvalue weighted by Crippen LogP contribution is -2.50. The van der Waals surface area contributed by atoms with Gasteiger partial charge in [-0.1, -0.05) is 78.9 Å². The third-order valence-corrected chi connectivity index (χ3v) is 6.05. The second-order valence-electron chi connectivity index (χ2n) is 7.08. The van der Waals surface area contributed by atoms with E-state index in [9.17, 15) is 5.11 Å². The molecule has 0 amide bonds. The van der Waals surface area contributed by atoms with Gasteiger partial charge in [-0.3, -0.25) is 0 Å². The average Bonchev–Trinajstić information content (AvgIpc) is 2.68. The summed E-state index contributed by atoms with van der Waals surface area (Å²) in [6.07, 6.45) is 3.88. The van der Waals surface area contributed by atoms with Crippen molar-refractivity contribution in [1.29, 1.82) is 0 Å². The van der Waals surface area contributed by atoms with Gasteiger partial charge < -0.3 is 5.11 Å². The summed E-state index contributed by atoms with van der Waals surface area (Å²) in [7, 11) is 0. The third kappa shape index (κ3) is 1.57. The van der Waals surface area contributed by atoms with Crippen LogP contribution in [0.4, 0.5) is 0 Å². The molecular weight excluding hydrogens is 304 g/mol. The van der Waals surface area contributed by atoms with Crippen LogP contribution in [0.3, 0.4) is 0 Å². The molecule has 0 fully saturated rings. The quantitative estimate of drug-likeness (QED) is 0.680. The lowest BCUT2D eigenvalue weighted by molar-refractivity contribution is 0.106. The summed E-state index contributed by atoms with van der Waals surface area (Å²) in [5, 5.41) is 12.0. The Balaban J connectivity index is 1.99. The van der Waals surface area contributed by atoms with Gasteiger partial charge in [0.1, 0.15) is 5.60 Å². The molecule has 3 aliphatic carbocycles. The van der Waals surface area contributed by atoms with E-state index in [1.807, 2.05) is 24.3 Å². The zero-order valence-corrected chi connectivity index (χ0v) is 14.1. The van der Waals surface area contributed by atoms with Crippen LogP contribution in [0.5, 0.6) is 0 Å². The van der Waals surface area contributed by atoms with Gasteiger partial charge in [0.05, 0.1) is 0 Å². The fraction of sp³-hybridized carbons (Fsp3) is 0.167. The monoisotopic (exact) mass is 324 g/mol. The number of aliphatic hydroxyl groups is 1. The first kappa shape index (κ1) is 14.7. The number of hydrogen-bond donors (Lipinski definition) is 1. The topological polar surface area (TPSA) is 20.2 Å². The molecule has 1 nitrogen and oxygen atoms in total. The zero-order valence-electron chi connectivity index (χ0n) is 14.1. The van der Waals surface area contributed by atoms with Crippen molar-refractivity contribution in [2.24, 2.45) is 0 Å². The van der Waals surface area contributed by atoms with E-state index in [0.717, 1.165) is 29.5 Å². The summed E-state index contributed by atoms with van der Waals surface area (Å²) in [6, 6.07) is 25.2. The van der Waals surface area contributed by atoms with Crippen LogP contribution in [-0.2, 0) is 11.0 Å². The van der Waals surface area contributed by atoms with Gasteiger partial charge in [0.15, 0.2) is 0 Å². The van der Waals surface area contributed by atoms with Gasteiger partial charge in [0.25, 0.3) is 0 Å². The van der Waals surface area contributed by atoms with Crippen LogP contribution in [0, 0.1) is 0 Å². The van der Waals surface area contributed by atoms with E-state index in [1.54, 1.807) is 0 Å². The van der Waals surface area contributed by atoms with Crippen LogP contribution in [0.25, 0.3) is 0 Å². The number of allylic oxidation sites excluding steroid dienone is 1. The fourth-order valence-corrected chi connectivity index (χ4v) is 5.11. The first-order valence-electron chi connectivity index (χ1n) is 8.88. The Labute approximate surface area is 148 Å². The van der Waals surface area contributed by atoms with Crippen LogP contribution in [-0.4, -0.2) is 5.11 Å². The molecule has 2 bridgehead atoms. The van der Waals surface area contributed by atoms with Crippen molar-refractivity contribution in [2.45, 2.75) is 23.9 Å². The Morgan fingerprint density at radius 2 is 1.04 bits per heavy atom. The summed E-state index contributed by atoms with van der Waals surface area (Å²) >= 11 is 0. The summed E-state index contributed by atoms with van der Waals surface area (Å²) < 4.78 is 0. The van der Waals surface area contributed by atoms with Crippen molar-refractivity contribution < 1.29 is 5.11 Å². The minimum absolute atomic E-state index is 0.220. The van der Waals surface area contributed by atoms with E-state index in [4.69, 9.17) is 0 Å². The molecule has 3 aromatic carbocycles. The van der Waals surface area contributed by atoms with E-state index in [1.165, 1.54) is 16.7 Å². The van der Waals surface area contributed by atoms with Gasteiger partial charge in [0.2, 0.25) is 0 Å². The highest BCUT2D eigenvalue weighted by Gasteiger charge is 2.57. The third-order valence-electron chi connectivity index (χ3n) is 6.05. The van der Waals surface area contributed by atoms with Crippen molar-refractivity contribution in [3.63, 3.8) is 0 Å². The summed E-state index contributed by atoms with van der Waals surface area (Å²) in [5.74, 6) is 0. The molecule has 6 rings (SSSR count). The van der Waals surface area contributed by atoms with Crippen LogP contribution in [0.1, 0.15) is 46.2 Å². The van der Waals surface area contributed by atoms with Crippen molar-refractivity contribution in [3.8, 4) is 0 Å². The lowest BCUT2D eigenvalue weighted by atomic mass is 9.50. The molecular formula is C24H20O. The SMILES string of the molecule is C=CCCC12c3ccccc3C(O)(c3ccccc31)c1ccccc12. The second-order valence-corrected chi connectivity index (χ2v) is 7.08. The van der Waals surface area contributed by atoms with E-state index >= 15 is 0 Å². The van der Waals surface area contributed by atoms with Gasteiger partial charge in [-0.05, 0) is 46.2 Å². The van der Waals surface area contributed by atoms with Crippen molar-refractivity contribution in [3.05, 3.63) is 119 Å². The molecule has 0 aliphatic heterocycles. The largest absolute Gasteiger partial charge is 0.376 e. The molecule has 1 N–H and O–H groups in total. The molecule has 0 saturated carbocycles. The maximum Gasteiger partial charge on any atom is 0.141 e. The molecule has 3 aliphatic rings. The molecule has 25 heavy (non-hydrogen) atoms. The van der Waals surface area contributed by atoms with Crippen LogP contribution < -0.4 is 0 Å².